The number of imidazole rings is 1. The van der Waals surface area contributed by atoms with Gasteiger partial charge in [-0.25, -0.2) is 9.97 Å². The molecule has 1 aliphatic heterocycles. The minimum Gasteiger partial charge on any atom is -0.373 e. The third-order valence-corrected chi connectivity index (χ3v) is 8.12. The van der Waals surface area contributed by atoms with Crippen LogP contribution in [0, 0.1) is 5.41 Å². The van der Waals surface area contributed by atoms with Gasteiger partial charge in [0.15, 0.2) is 0 Å². The van der Waals surface area contributed by atoms with E-state index in [0.29, 0.717) is 22.3 Å². The van der Waals surface area contributed by atoms with Gasteiger partial charge in [-0.05, 0) is 67.6 Å². The first-order chi connectivity index (χ1) is 16.1. The number of hydrogen-bond donors (Lipinski definition) is 3. The molecule has 0 atom stereocenters. The molecule has 1 aromatic carbocycles. The van der Waals surface area contributed by atoms with E-state index in [9.17, 15) is 4.79 Å². The van der Waals surface area contributed by atoms with Gasteiger partial charge in [0, 0.05) is 36.3 Å². The number of para-hydroxylation sites is 2. The van der Waals surface area contributed by atoms with Crippen LogP contribution in [0.1, 0.15) is 35.0 Å². The third kappa shape index (κ3) is 3.59. The fourth-order valence-electron chi connectivity index (χ4n) is 5.23. The number of carbonyl (C=O) groups excluding carboxylic acids is 1. The van der Waals surface area contributed by atoms with E-state index in [2.05, 4.69) is 31.6 Å². The maximum atomic E-state index is 13.2. The summed E-state index contributed by atoms with van der Waals surface area (Å²) < 4.78 is 2.24. The van der Waals surface area contributed by atoms with Crippen LogP contribution < -0.4 is 16.0 Å². The first kappa shape index (κ1) is 20.4. The van der Waals surface area contributed by atoms with E-state index in [0.717, 1.165) is 53.2 Å². The summed E-state index contributed by atoms with van der Waals surface area (Å²) >= 11 is 1.47. The highest BCUT2D eigenvalue weighted by molar-refractivity contribution is 7.17. The largest absolute Gasteiger partial charge is 0.373 e. The summed E-state index contributed by atoms with van der Waals surface area (Å²) in [6.07, 6.45) is 5.31. The van der Waals surface area contributed by atoms with Gasteiger partial charge in [0.25, 0.3) is 5.91 Å². The lowest BCUT2D eigenvalue weighted by Crippen LogP contribution is -2.40. The van der Waals surface area contributed by atoms with Gasteiger partial charge in [0.1, 0.15) is 5.82 Å². The number of thiophene rings is 1. The van der Waals surface area contributed by atoms with Crippen LogP contribution in [0.4, 0.5) is 11.8 Å². The second-order valence-electron chi connectivity index (χ2n) is 9.08. The van der Waals surface area contributed by atoms with Crippen molar-refractivity contribution in [1.29, 1.82) is 0 Å². The first-order valence-electron chi connectivity index (χ1n) is 11.4. The van der Waals surface area contributed by atoms with E-state index in [1.54, 1.807) is 0 Å². The van der Waals surface area contributed by atoms with E-state index >= 15 is 0 Å². The average molecular weight is 459 g/mol. The number of carbonyl (C=O) groups is 1. The van der Waals surface area contributed by atoms with Gasteiger partial charge in [-0.1, -0.05) is 12.1 Å². The van der Waals surface area contributed by atoms with Crippen LogP contribution in [-0.2, 0) is 0 Å². The molecule has 3 N–H and O–H groups in total. The Labute approximate surface area is 196 Å². The van der Waals surface area contributed by atoms with Crippen LogP contribution >= 0.6 is 11.3 Å². The van der Waals surface area contributed by atoms with Gasteiger partial charge < -0.3 is 15.2 Å². The van der Waals surface area contributed by atoms with Crippen molar-refractivity contribution in [3.8, 4) is 10.4 Å². The maximum Gasteiger partial charge on any atom is 0.268 e. The monoisotopic (exact) mass is 458 g/mol. The molecule has 168 valence electrons. The van der Waals surface area contributed by atoms with E-state index in [4.69, 9.17) is 4.98 Å². The van der Waals surface area contributed by atoms with Crippen molar-refractivity contribution in [2.45, 2.75) is 25.3 Å². The van der Waals surface area contributed by atoms with Crippen LogP contribution in [-0.4, -0.2) is 40.6 Å². The molecule has 1 amide bonds. The molecule has 1 saturated carbocycles. The average Bonchev–Trinajstić information content (AvgIpc) is 3.56. The van der Waals surface area contributed by atoms with Crippen molar-refractivity contribution in [3.63, 3.8) is 0 Å². The zero-order valence-electron chi connectivity index (χ0n) is 18.5. The molecule has 4 heterocycles. The van der Waals surface area contributed by atoms with Crippen LogP contribution in [0.2, 0.25) is 0 Å². The zero-order chi connectivity index (χ0) is 22.4. The predicted octanol–water partition coefficient (Wildman–Crippen LogP) is 4.77. The van der Waals surface area contributed by atoms with Gasteiger partial charge in [0.2, 0.25) is 5.95 Å². The van der Waals surface area contributed by atoms with Crippen molar-refractivity contribution in [2.75, 3.05) is 30.8 Å². The lowest BCUT2D eigenvalue weighted by Gasteiger charge is -2.46. The fraction of sp³-hybridized carbons (Fsp3) is 0.320. The molecule has 2 aliphatic rings. The number of nitrogens with one attached hydrogen (secondary N) is 3. The van der Waals surface area contributed by atoms with Gasteiger partial charge in [-0.2, -0.15) is 0 Å². The summed E-state index contributed by atoms with van der Waals surface area (Å²) in [6.45, 7) is 2.20. The number of aromatic nitrogens is 3. The lowest BCUT2D eigenvalue weighted by atomic mass is 9.65. The van der Waals surface area contributed by atoms with Crippen molar-refractivity contribution >= 4 is 40.0 Å². The quantitative estimate of drug-likeness (QED) is 0.401. The highest BCUT2D eigenvalue weighted by Gasteiger charge is 2.47. The molecule has 33 heavy (non-hydrogen) atoms. The Morgan fingerprint density at radius 3 is 2.82 bits per heavy atom. The van der Waals surface area contributed by atoms with Crippen LogP contribution in [0.5, 0.6) is 0 Å². The van der Waals surface area contributed by atoms with Crippen LogP contribution in [0.25, 0.3) is 21.5 Å². The van der Waals surface area contributed by atoms with Gasteiger partial charge >= 0.3 is 0 Å². The van der Waals surface area contributed by atoms with Crippen molar-refractivity contribution in [1.82, 2.24) is 19.9 Å². The number of pyridine rings is 1. The Morgan fingerprint density at radius 2 is 2.06 bits per heavy atom. The maximum absolute atomic E-state index is 13.2. The van der Waals surface area contributed by atoms with Gasteiger partial charge in [0.05, 0.1) is 15.9 Å². The number of amides is 1. The van der Waals surface area contributed by atoms with Crippen molar-refractivity contribution in [3.05, 3.63) is 59.6 Å². The summed E-state index contributed by atoms with van der Waals surface area (Å²) in [7, 11) is 1.84. The summed E-state index contributed by atoms with van der Waals surface area (Å²) in [6, 6.07) is 16.3. The lowest BCUT2D eigenvalue weighted by molar-refractivity contribution is 0.0874. The zero-order valence-corrected chi connectivity index (χ0v) is 19.3. The molecule has 0 radical (unpaired) electrons. The second-order valence-corrected chi connectivity index (χ2v) is 10.2. The standard InChI is InChI=1S/C25H26N6OS/c1-26-22-9-6-16(14-28-22)20-7-8-21(33-20)23(32)30-24-29-18-4-2-3-5-19(18)31(24)17-12-25(13-17)10-11-27-15-25/h2-9,14,17,27H,10-13,15H2,1H3,(H,26,28)(H,29,30,32). The minimum atomic E-state index is -0.126. The summed E-state index contributed by atoms with van der Waals surface area (Å²) in [5.74, 6) is 1.33. The number of rotatable bonds is 5. The minimum absolute atomic E-state index is 0.126. The van der Waals surface area contributed by atoms with Gasteiger partial charge in [-0.3, -0.25) is 10.1 Å². The van der Waals surface area contributed by atoms with E-state index in [1.165, 1.54) is 17.8 Å². The third-order valence-electron chi connectivity index (χ3n) is 6.99. The SMILES string of the molecule is CNc1ccc(-c2ccc(C(=O)Nc3nc4ccccc4n3C3CC4(CCNC4)C3)s2)cn1. The molecule has 3 aromatic heterocycles. The summed E-state index contributed by atoms with van der Waals surface area (Å²) in [5, 5.41) is 9.64. The number of nitrogens with zero attached hydrogens (tertiary/aromatic N) is 3. The summed E-state index contributed by atoms with van der Waals surface area (Å²) in [5.41, 5.74) is 3.41. The fourth-order valence-corrected chi connectivity index (χ4v) is 6.13. The van der Waals surface area contributed by atoms with Gasteiger partial charge in [-0.15, -0.1) is 11.3 Å². The Kier molecular flexibility index (Phi) is 4.92. The highest BCUT2D eigenvalue weighted by Crippen LogP contribution is 2.53. The molecular formula is C25H26N6OS. The Balaban J connectivity index is 1.26. The molecule has 1 aliphatic carbocycles. The molecule has 6 rings (SSSR count). The molecule has 1 spiro atoms. The summed E-state index contributed by atoms with van der Waals surface area (Å²) in [4.78, 5) is 24.0. The molecule has 4 aromatic rings. The molecular weight excluding hydrogens is 432 g/mol. The van der Waals surface area contributed by atoms with Crippen LogP contribution in [0.3, 0.4) is 0 Å². The molecule has 2 fully saturated rings. The molecule has 8 heteroatoms. The highest BCUT2D eigenvalue weighted by atomic mass is 32.1. The number of fused-ring (bicyclic) bond motifs is 1. The Bertz CT molecular complexity index is 1310. The normalized spacial score (nSPS) is 21.9. The predicted molar refractivity (Wildman–Crippen MR) is 133 cm³/mol. The second kappa shape index (κ2) is 7.97. The molecule has 1 saturated heterocycles. The van der Waals surface area contributed by atoms with Crippen LogP contribution in [0.15, 0.2) is 54.7 Å². The number of anilines is 2. The molecule has 0 bridgehead atoms. The van der Waals surface area contributed by atoms with Crippen molar-refractivity contribution in [2.24, 2.45) is 5.41 Å². The number of hydrogen-bond acceptors (Lipinski definition) is 6. The van der Waals surface area contributed by atoms with E-state index in [-0.39, 0.29) is 5.91 Å². The smallest absolute Gasteiger partial charge is 0.268 e. The Morgan fingerprint density at radius 1 is 1.18 bits per heavy atom. The molecule has 0 unspecified atom stereocenters. The van der Waals surface area contributed by atoms with E-state index < -0.39 is 0 Å². The topological polar surface area (TPSA) is 83.9 Å². The first-order valence-corrected chi connectivity index (χ1v) is 12.2. The van der Waals surface area contributed by atoms with Crippen molar-refractivity contribution < 1.29 is 4.79 Å². The Hall–Kier alpha value is -3.23. The molecule has 7 nitrogen and oxygen atoms in total. The van der Waals surface area contributed by atoms with E-state index in [1.807, 2.05) is 55.7 Å². The number of benzene rings is 1.